The first kappa shape index (κ1) is 20.8. The summed E-state index contributed by atoms with van der Waals surface area (Å²) in [4.78, 5) is 7.30. The summed E-state index contributed by atoms with van der Waals surface area (Å²) in [5.74, 6) is 0.866. The molecule has 2 aliphatic heterocycles. The molecule has 0 aliphatic carbocycles. The molecule has 1 atom stereocenters. The molecule has 1 saturated heterocycles. The van der Waals surface area contributed by atoms with Crippen molar-refractivity contribution < 1.29 is 0 Å². The minimum Gasteiger partial charge on any atom is -0.324 e. The number of likely N-dealkylation sites (tertiary alicyclic amines) is 1. The summed E-state index contributed by atoms with van der Waals surface area (Å²) in [6, 6.07) is 19.3. The molecule has 0 bridgehead atoms. The number of amidine groups is 1. The van der Waals surface area contributed by atoms with Gasteiger partial charge in [0, 0.05) is 0 Å². The standard InChI is InChI=1S/C25H33N5/c1-20-11-13-21(14-12-20)24-25(2,22-9-5-3-6-10-22)18-30(28-24)23(17-26)27-19-29-15-7-4-8-16-29/h3,5-6,9-14H,4,7-8,15-19,26H2,1-2H3/b27-23+. The van der Waals surface area contributed by atoms with Crippen molar-refractivity contribution in [3.63, 3.8) is 0 Å². The van der Waals surface area contributed by atoms with Crippen LogP contribution >= 0.6 is 0 Å². The van der Waals surface area contributed by atoms with E-state index in [-0.39, 0.29) is 5.41 Å². The fourth-order valence-corrected chi connectivity index (χ4v) is 4.45. The Morgan fingerprint density at radius 2 is 1.73 bits per heavy atom. The number of aryl methyl sites for hydroxylation is 1. The molecule has 0 aromatic heterocycles. The van der Waals surface area contributed by atoms with Crippen molar-refractivity contribution in [2.45, 2.75) is 38.5 Å². The lowest BCUT2D eigenvalue weighted by molar-refractivity contribution is 0.234. The predicted molar refractivity (Wildman–Crippen MR) is 125 cm³/mol. The van der Waals surface area contributed by atoms with E-state index in [0.717, 1.165) is 36.7 Å². The highest BCUT2D eigenvalue weighted by Gasteiger charge is 2.41. The second-order valence-corrected chi connectivity index (χ2v) is 8.67. The minimum absolute atomic E-state index is 0.225. The smallest absolute Gasteiger partial charge is 0.135 e. The summed E-state index contributed by atoms with van der Waals surface area (Å²) in [5.41, 5.74) is 10.7. The molecule has 4 rings (SSSR count). The second kappa shape index (κ2) is 9.11. The van der Waals surface area contributed by atoms with Gasteiger partial charge in [-0.25, -0.2) is 5.01 Å². The normalized spacial score (nSPS) is 23.0. The summed E-state index contributed by atoms with van der Waals surface area (Å²) >= 11 is 0. The third-order valence-electron chi connectivity index (χ3n) is 6.33. The summed E-state index contributed by atoms with van der Waals surface area (Å²) in [6.07, 6.45) is 3.85. The molecule has 5 nitrogen and oxygen atoms in total. The summed E-state index contributed by atoms with van der Waals surface area (Å²) < 4.78 is 0. The maximum Gasteiger partial charge on any atom is 0.135 e. The number of aliphatic imine (C=N–C) groups is 1. The Bertz CT molecular complexity index is 897. The molecule has 2 heterocycles. The molecule has 158 valence electrons. The van der Waals surface area contributed by atoms with Gasteiger partial charge in [-0.15, -0.1) is 0 Å². The Labute approximate surface area is 180 Å². The van der Waals surface area contributed by atoms with E-state index in [1.807, 2.05) is 5.01 Å². The van der Waals surface area contributed by atoms with E-state index in [1.54, 1.807) is 0 Å². The Morgan fingerprint density at radius 1 is 1.03 bits per heavy atom. The molecule has 2 aliphatic rings. The van der Waals surface area contributed by atoms with E-state index in [1.165, 1.54) is 30.4 Å². The number of hydrazone groups is 1. The maximum atomic E-state index is 6.14. The van der Waals surface area contributed by atoms with Gasteiger partial charge in [0.15, 0.2) is 0 Å². The van der Waals surface area contributed by atoms with E-state index in [9.17, 15) is 0 Å². The van der Waals surface area contributed by atoms with E-state index >= 15 is 0 Å². The maximum absolute atomic E-state index is 6.14. The van der Waals surface area contributed by atoms with Crippen LogP contribution in [-0.4, -0.2) is 54.3 Å². The van der Waals surface area contributed by atoms with Crippen LogP contribution in [0, 0.1) is 6.92 Å². The van der Waals surface area contributed by atoms with Crippen molar-refractivity contribution >= 4 is 11.5 Å². The first-order valence-corrected chi connectivity index (χ1v) is 11.0. The van der Waals surface area contributed by atoms with Crippen LogP contribution in [0.5, 0.6) is 0 Å². The molecular formula is C25H33N5. The number of hydrogen-bond acceptors (Lipinski definition) is 4. The highest BCUT2D eigenvalue weighted by Crippen LogP contribution is 2.35. The van der Waals surface area contributed by atoms with E-state index < -0.39 is 0 Å². The molecule has 0 radical (unpaired) electrons. The number of hydrogen-bond donors (Lipinski definition) is 1. The van der Waals surface area contributed by atoms with E-state index in [4.69, 9.17) is 15.8 Å². The fraction of sp³-hybridized carbons (Fsp3) is 0.440. The quantitative estimate of drug-likeness (QED) is 0.611. The molecule has 0 amide bonds. The topological polar surface area (TPSA) is 57.2 Å². The Hall–Kier alpha value is -2.50. The molecule has 2 aromatic rings. The van der Waals surface area contributed by atoms with Crippen LogP contribution in [-0.2, 0) is 5.41 Å². The van der Waals surface area contributed by atoms with Crippen LogP contribution < -0.4 is 5.73 Å². The van der Waals surface area contributed by atoms with Gasteiger partial charge in [0.1, 0.15) is 5.84 Å². The lowest BCUT2D eigenvalue weighted by Crippen LogP contribution is -2.40. The van der Waals surface area contributed by atoms with Crippen molar-refractivity contribution in [1.29, 1.82) is 0 Å². The van der Waals surface area contributed by atoms with E-state index in [0.29, 0.717) is 13.2 Å². The molecule has 0 saturated carbocycles. The number of nitrogens with zero attached hydrogens (tertiary/aromatic N) is 4. The van der Waals surface area contributed by atoms with Crippen LogP contribution in [0.15, 0.2) is 64.7 Å². The number of piperidine rings is 1. The largest absolute Gasteiger partial charge is 0.324 e. The molecular weight excluding hydrogens is 370 g/mol. The van der Waals surface area contributed by atoms with Gasteiger partial charge in [-0.05, 0) is 50.9 Å². The van der Waals surface area contributed by atoms with Gasteiger partial charge >= 0.3 is 0 Å². The first-order chi connectivity index (χ1) is 14.6. The minimum atomic E-state index is -0.225. The summed E-state index contributed by atoms with van der Waals surface area (Å²) in [7, 11) is 0. The van der Waals surface area contributed by atoms with Crippen molar-refractivity contribution in [1.82, 2.24) is 9.91 Å². The average Bonchev–Trinajstić information content (AvgIpc) is 3.14. The average molecular weight is 404 g/mol. The van der Waals surface area contributed by atoms with Crippen molar-refractivity contribution in [3.8, 4) is 0 Å². The fourth-order valence-electron chi connectivity index (χ4n) is 4.45. The number of nitrogens with two attached hydrogens (primary N) is 1. The Balaban J connectivity index is 1.66. The van der Waals surface area contributed by atoms with Gasteiger partial charge in [-0.1, -0.05) is 66.6 Å². The lowest BCUT2D eigenvalue weighted by atomic mass is 9.76. The van der Waals surface area contributed by atoms with Crippen molar-refractivity contribution in [2.75, 3.05) is 32.8 Å². The third-order valence-corrected chi connectivity index (χ3v) is 6.33. The van der Waals surface area contributed by atoms with Crippen LogP contribution in [0.1, 0.15) is 42.9 Å². The van der Waals surface area contributed by atoms with Gasteiger partial charge < -0.3 is 5.73 Å². The number of benzene rings is 2. The molecule has 2 N–H and O–H groups in total. The van der Waals surface area contributed by atoms with Crippen LogP contribution in [0.4, 0.5) is 0 Å². The van der Waals surface area contributed by atoms with Gasteiger partial charge in [-0.2, -0.15) is 5.10 Å². The zero-order chi connectivity index (χ0) is 21.0. The van der Waals surface area contributed by atoms with Gasteiger partial charge in [0.25, 0.3) is 0 Å². The van der Waals surface area contributed by atoms with Gasteiger partial charge in [0.05, 0.1) is 30.9 Å². The highest BCUT2D eigenvalue weighted by atomic mass is 15.5. The first-order valence-electron chi connectivity index (χ1n) is 11.0. The van der Waals surface area contributed by atoms with Crippen LogP contribution in [0.2, 0.25) is 0 Å². The molecule has 2 aromatic carbocycles. The molecule has 0 spiro atoms. The van der Waals surface area contributed by atoms with E-state index in [2.05, 4.69) is 73.3 Å². The third kappa shape index (κ3) is 4.32. The molecule has 1 unspecified atom stereocenters. The zero-order valence-electron chi connectivity index (χ0n) is 18.2. The molecule has 1 fully saturated rings. The van der Waals surface area contributed by atoms with Gasteiger partial charge in [-0.3, -0.25) is 9.89 Å². The Morgan fingerprint density at radius 3 is 2.40 bits per heavy atom. The van der Waals surface area contributed by atoms with Crippen molar-refractivity contribution in [3.05, 3.63) is 71.3 Å². The van der Waals surface area contributed by atoms with Gasteiger partial charge in [0.2, 0.25) is 0 Å². The SMILES string of the molecule is Cc1ccc(C2=NN(/C(CN)=N/CN3CCCCC3)CC2(C)c2ccccc2)cc1. The predicted octanol–water partition coefficient (Wildman–Crippen LogP) is 3.77. The summed E-state index contributed by atoms with van der Waals surface area (Å²) in [5, 5.41) is 7.11. The second-order valence-electron chi connectivity index (χ2n) is 8.67. The lowest BCUT2D eigenvalue weighted by Gasteiger charge is -2.28. The van der Waals surface area contributed by atoms with Crippen LogP contribution in [0.3, 0.4) is 0 Å². The summed E-state index contributed by atoms with van der Waals surface area (Å²) in [6.45, 7) is 8.49. The molecule has 30 heavy (non-hydrogen) atoms. The Kier molecular flexibility index (Phi) is 6.30. The monoisotopic (exact) mass is 403 g/mol. The van der Waals surface area contributed by atoms with Crippen molar-refractivity contribution in [2.24, 2.45) is 15.8 Å². The number of rotatable bonds is 5. The van der Waals surface area contributed by atoms with Crippen LogP contribution in [0.25, 0.3) is 0 Å². The highest BCUT2D eigenvalue weighted by molar-refractivity contribution is 6.10. The molecule has 5 heteroatoms. The zero-order valence-corrected chi connectivity index (χ0v) is 18.2.